The highest BCUT2D eigenvalue weighted by Gasteiger charge is 2.15. The van der Waals surface area contributed by atoms with E-state index in [4.69, 9.17) is 25.8 Å². The number of esters is 1. The number of ether oxygens (including phenoxy) is 3. The predicted molar refractivity (Wildman–Crippen MR) is 142 cm³/mol. The Hall–Kier alpha value is -4.62. The summed E-state index contributed by atoms with van der Waals surface area (Å²) >= 11 is 6.07. The maximum atomic E-state index is 12.7. The molecular formula is C29H23ClN2O5. The molecule has 0 bridgehead atoms. The van der Waals surface area contributed by atoms with Crippen LogP contribution in [0.25, 0.3) is 0 Å². The number of para-hydroxylation sites is 1. The third-order valence-corrected chi connectivity index (χ3v) is 5.56. The number of amides is 1. The van der Waals surface area contributed by atoms with Gasteiger partial charge in [0.2, 0.25) is 0 Å². The maximum Gasteiger partial charge on any atom is 0.345 e. The SMILES string of the molecule is COc1cc(/C=N/NC(=O)c2ccccc2OCc2ccccc2)ccc1OC(=O)c1ccccc1Cl. The van der Waals surface area contributed by atoms with Crippen molar-refractivity contribution in [2.45, 2.75) is 6.61 Å². The Morgan fingerprint density at radius 2 is 1.54 bits per heavy atom. The lowest BCUT2D eigenvalue weighted by molar-refractivity contribution is 0.0729. The molecule has 0 radical (unpaired) electrons. The third kappa shape index (κ3) is 6.74. The van der Waals surface area contributed by atoms with E-state index in [9.17, 15) is 9.59 Å². The number of carbonyl (C=O) groups excluding carboxylic acids is 2. The molecule has 0 spiro atoms. The van der Waals surface area contributed by atoms with Crippen molar-refractivity contribution in [3.8, 4) is 17.2 Å². The summed E-state index contributed by atoms with van der Waals surface area (Å²) in [5.41, 5.74) is 4.71. The molecule has 4 aromatic rings. The normalized spacial score (nSPS) is 10.6. The molecule has 1 amide bonds. The van der Waals surface area contributed by atoms with Crippen LogP contribution in [0.15, 0.2) is 102 Å². The van der Waals surface area contributed by atoms with Gasteiger partial charge in [-0.1, -0.05) is 66.2 Å². The van der Waals surface area contributed by atoms with Gasteiger partial charge in [-0.05, 0) is 53.6 Å². The number of methoxy groups -OCH3 is 1. The second-order valence-electron chi connectivity index (χ2n) is 7.75. The van der Waals surface area contributed by atoms with Crippen molar-refractivity contribution in [3.05, 3.63) is 124 Å². The van der Waals surface area contributed by atoms with Gasteiger partial charge in [-0.2, -0.15) is 5.10 Å². The van der Waals surface area contributed by atoms with Crippen LogP contribution in [0.5, 0.6) is 17.2 Å². The summed E-state index contributed by atoms with van der Waals surface area (Å²) in [6.45, 7) is 0.335. The molecule has 7 nitrogen and oxygen atoms in total. The van der Waals surface area contributed by atoms with Gasteiger partial charge in [0.25, 0.3) is 5.91 Å². The molecule has 186 valence electrons. The van der Waals surface area contributed by atoms with Gasteiger partial charge < -0.3 is 14.2 Å². The zero-order valence-corrected chi connectivity index (χ0v) is 20.6. The van der Waals surface area contributed by atoms with Crippen LogP contribution in [0.2, 0.25) is 5.02 Å². The second-order valence-corrected chi connectivity index (χ2v) is 8.16. The Labute approximate surface area is 219 Å². The van der Waals surface area contributed by atoms with E-state index in [1.807, 2.05) is 30.3 Å². The first-order valence-electron chi connectivity index (χ1n) is 11.3. The van der Waals surface area contributed by atoms with Crippen molar-refractivity contribution in [1.82, 2.24) is 5.43 Å². The number of hydrogen-bond donors (Lipinski definition) is 1. The Morgan fingerprint density at radius 3 is 2.30 bits per heavy atom. The van der Waals surface area contributed by atoms with E-state index in [2.05, 4.69) is 10.5 Å². The van der Waals surface area contributed by atoms with Crippen LogP contribution in [0.4, 0.5) is 0 Å². The summed E-state index contributed by atoms with van der Waals surface area (Å²) in [6.07, 6.45) is 1.45. The van der Waals surface area contributed by atoms with E-state index in [1.165, 1.54) is 13.3 Å². The minimum atomic E-state index is -0.606. The number of carbonyl (C=O) groups is 2. The molecule has 0 heterocycles. The second kappa shape index (κ2) is 12.4. The average molecular weight is 515 g/mol. The Kier molecular flexibility index (Phi) is 8.52. The van der Waals surface area contributed by atoms with Crippen LogP contribution >= 0.6 is 11.6 Å². The number of hydrogen-bond acceptors (Lipinski definition) is 6. The van der Waals surface area contributed by atoms with E-state index in [0.717, 1.165) is 5.56 Å². The zero-order valence-electron chi connectivity index (χ0n) is 19.9. The van der Waals surface area contributed by atoms with Gasteiger partial charge in [0.15, 0.2) is 11.5 Å². The van der Waals surface area contributed by atoms with Crippen LogP contribution in [-0.2, 0) is 6.61 Å². The molecule has 0 aliphatic rings. The monoisotopic (exact) mass is 514 g/mol. The number of rotatable bonds is 9. The number of hydrazone groups is 1. The predicted octanol–water partition coefficient (Wildman–Crippen LogP) is 5.91. The highest BCUT2D eigenvalue weighted by Crippen LogP contribution is 2.29. The van der Waals surface area contributed by atoms with Crippen molar-refractivity contribution in [2.24, 2.45) is 5.10 Å². The van der Waals surface area contributed by atoms with Crippen LogP contribution < -0.4 is 19.6 Å². The first-order valence-corrected chi connectivity index (χ1v) is 11.7. The van der Waals surface area contributed by atoms with Crippen molar-refractivity contribution < 1.29 is 23.8 Å². The van der Waals surface area contributed by atoms with Gasteiger partial charge in [-0.15, -0.1) is 0 Å². The summed E-state index contributed by atoms with van der Waals surface area (Å²) in [5, 5.41) is 4.33. The number of nitrogens with one attached hydrogen (secondary N) is 1. The molecule has 0 aliphatic carbocycles. The van der Waals surface area contributed by atoms with Gasteiger partial charge >= 0.3 is 5.97 Å². The molecule has 0 aliphatic heterocycles. The van der Waals surface area contributed by atoms with Gasteiger partial charge in [-0.3, -0.25) is 4.79 Å². The maximum absolute atomic E-state index is 12.7. The minimum absolute atomic E-state index is 0.220. The molecule has 0 saturated heterocycles. The van der Waals surface area contributed by atoms with Crippen molar-refractivity contribution >= 4 is 29.7 Å². The summed E-state index contributed by atoms with van der Waals surface area (Å²) in [4.78, 5) is 25.2. The summed E-state index contributed by atoms with van der Waals surface area (Å²) in [7, 11) is 1.46. The standard InChI is InChI=1S/C29H23ClN2O5/c1-35-27-17-21(15-16-26(27)37-29(34)22-11-5-7-13-24(22)30)18-31-32-28(33)23-12-6-8-14-25(23)36-19-20-9-3-2-4-10-20/h2-18H,19H2,1H3,(H,32,33)/b31-18+. The van der Waals surface area contributed by atoms with Crippen LogP contribution in [0.3, 0.4) is 0 Å². The van der Waals surface area contributed by atoms with E-state index in [-0.39, 0.29) is 16.3 Å². The first-order chi connectivity index (χ1) is 18.0. The van der Waals surface area contributed by atoms with Crippen molar-refractivity contribution in [1.29, 1.82) is 0 Å². The lowest BCUT2D eigenvalue weighted by Crippen LogP contribution is -2.18. The Bertz CT molecular complexity index is 1420. The topological polar surface area (TPSA) is 86.2 Å². The summed E-state index contributed by atoms with van der Waals surface area (Å²) in [6, 6.07) is 28.1. The molecule has 0 aromatic heterocycles. The molecule has 0 fully saturated rings. The molecule has 0 unspecified atom stereocenters. The fraction of sp³-hybridized carbons (Fsp3) is 0.0690. The molecule has 8 heteroatoms. The fourth-order valence-electron chi connectivity index (χ4n) is 3.37. The average Bonchev–Trinajstić information content (AvgIpc) is 2.93. The lowest BCUT2D eigenvalue weighted by Gasteiger charge is -2.11. The molecular weight excluding hydrogens is 492 g/mol. The van der Waals surface area contributed by atoms with E-state index in [0.29, 0.717) is 29.2 Å². The summed E-state index contributed by atoms with van der Waals surface area (Å²) in [5.74, 6) is -0.0401. The third-order valence-electron chi connectivity index (χ3n) is 5.23. The zero-order chi connectivity index (χ0) is 26.0. The van der Waals surface area contributed by atoms with E-state index >= 15 is 0 Å². The molecule has 37 heavy (non-hydrogen) atoms. The van der Waals surface area contributed by atoms with E-state index < -0.39 is 11.9 Å². The minimum Gasteiger partial charge on any atom is -0.493 e. The first kappa shape index (κ1) is 25.5. The summed E-state index contributed by atoms with van der Waals surface area (Å²) < 4.78 is 16.6. The lowest BCUT2D eigenvalue weighted by atomic mass is 10.2. The smallest absolute Gasteiger partial charge is 0.345 e. The highest BCUT2D eigenvalue weighted by molar-refractivity contribution is 6.33. The van der Waals surface area contributed by atoms with Crippen molar-refractivity contribution in [3.63, 3.8) is 0 Å². The van der Waals surface area contributed by atoms with Gasteiger partial charge in [0, 0.05) is 0 Å². The van der Waals surface area contributed by atoms with Gasteiger partial charge in [0.05, 0.1) is 29.5 Å². The molecule has 1 N–H and O–H groups in total. The number of halogens is 1. The highest BCUT2D eigenvalue weighted by atomic mass is 35.5. The van der Waals surface area contributed by atoms with Crippen LogP contribution in [0, 0.1) is 0 Å². The van der Waals surface area contributed by atoms with Crippen LogP contribution in [0.1, 0.15) is 31.8 Å². The molecule has 4 aromatic carbocycles. The van der Waals surface area contributed by atoms with Gasteiger partial charge in [-0.25, -0.2) is 10.2 Å². The number of benzene rings is 4. The largest absolute Gasteiger partial charge is 0.493 e. The molecule has 0 saturated carbocycles. The molecule has 4 rings (SSSR count). The van der Waals surface area contributed by atoms with E-state index in [1.54, 1.807) is 66.7 Å². The Balaban J connectivity index is 1.40. The fourth-order valence-corrected chi connectivity index (χ4v) is 3.58. The molecule has 0 atom stereocenters. The van der Waals surface area contributed by atoms with Crippen molar-refractivity contribution in [2.75, 3.05) is 7.11 Å². The van der Waals surface area contributed by atoms with Gasteiger partial charge in [0.1, 0.15) is 12.4 Å². The number of nitrogens with zero attached hydrogens (tertiary/aromatic N) is 1. The Morgan fingerprint density at radius 1 is 0.838 bits per heavy atom. The van der Waals surface area contributed by atoms with Crippen LogP contribution in [-0.4, -0.2) is 25.2 Å². The quantitative estimate of drug-likeness (QED) is 0.130.